The molecule has 0 bridgehead atoms. The van der Waals surface area contributed by atoms with Crippen LogP contribution in [0, 0.1) is 24.2 Å². The van der Waals surface area contributed by atoms with E-state index in [1.54, 1.807) is 32.1 Å². The van der Waals surface area contributed by atoms with Crippen molar-refractivity contribution in [3.05, 3.63) is 33.3 Å². The van der Waals surface area contributed by atoms with Gasteiger partial charge in [-0.15, -0.1) is 11.3 Å². The molecule has 7 heteroatoms. The number of hydrogen-bond donors (Lipinski definition) is 3. The Morgan fingerprint density at radius 2 is 1.91 bits per heavy atom. The number of aryl methyl sites for hydroxylation is 1. The largest absolute Gasteiger partial charge is 0.392 e. The lowest BCUT2D eigenvalue weighted by Gasteiger charge is -2.35. The first kappa shape index (κ1) is 28.9. The van der Waals surface area contributed by atoms with E-state index in [1.807, 2.05) is 32.2 Å². The number of carbonyl (C=O) groups excluding carboxylic acids is 1. The fourth-order valence-electron chi connectivity index (χ4n) is 4.54. The molecule has 1 aromatic rings. The first-order valence-electron chi connectivity index (χ1n) is 12.3. The summed E-state index contributed by atoms with van der Waals surface area (Å²) in [7, 11) is 0. The van der Waals surface area contributed by atoms with Crippen LogP contribution in [0.3, 0.4) is 0 Å². The van der Waals surface area contributed by atoms with Crippen molar-refractivity contribution < 1.29 is 24.9 Å². The molecule has 0 spiro atoms. The SMILES string of the molecule is C/C1=C/C[C@@H](/C(C)=C/c2csc(C)n2)O[C@H](O)C[C@H](O)C(C)(C)C(=O)[C@H](C)[C@@H](O)[C@@H](C)CCC1. The molecule has 34 heavy (non-hydrogen) atoms. The number of Topliss-reactive ketones (excluding diaryl/α,β-unsaturated/α-hetero) is 1. The molecule has 2 heterocycles. The third kappa shape index (κ3) is 7.82. The number of ketones is 1. The van der Waals surface area contributed by atoms with Crippen LogP contribution in [-0.4, -0.2) is 50.7 Å². The lowest BCUT2D eigenvalue weighted by Crippen LogP contribution is -2.46. The summed E-state index contributed by atoms with van der Waals surface area (Å²) in [4.78, 5) is 17.7. The number of nitrogens with zero attached hydrogens (tertiary/aromatic N) is 1. The molecule has 0 radical (unpaired) electrons. The van der Waals surface area contributed by atoms with Crippen molar-refractivity contribution in [2.24, 2.45) is 17.3 Å². The topological polar surface area (TPSA) is 99.9 Å². The highest BCUT2D eigenvalue weighted by Crippen LogP contribution is 2.33. The van der Waals surface area contributed by atoms with E-state index in [-0.39, 0.29) is 24.2 Å². The number of aliphatic hydroxyl groups is 3. The molecule has 3 N–H and O–H groups in total. The zero-order valence-electron chi connectivity index (χ0n) is 21.7. The Morgan fingerprint density at radius 3 is 2.53 bits per heavy atom. The van der Waals surface area contributed by atoms with Crippen LogP contribution in [0.2, 0.25) is 0 Å². The minimum Gasteiger partial charge on any atom is -0.392 e. The van der Waals surface area contributed by atoms with Gasteiger partial charge >= 0.3 is 0 Å². The second-order valence-corrected chi connectivity index (χ2v) is 11.6. The van der Waals surface area contributed by atoms with Gasteiger partial charge in [-0.3, -0.25) is 4.79 Å². The Kier molecular flexibility index (Phi) is 10.6. The normalized spacial score (nSPS) is 34.5. The number of carbonyl (C=O) groups is 1. The third-order valence-electron chi connectivity index (χ3n) is 7.15. The predicted octanol–water partition coefficient (Wildman–Crippen LogP) is 5.06. The summed E-state index contributed by atoms with van der Waals surface area (Å²) in [5.41, 5.74) is 1.89. The molecule has 1 aliphatic heterocycles. The minimum atomic E-state index is -1.24. The predicted molar refractivity (Wildman–Crippen MR) is 137 cm³/mol. The Morgan fingerprint density at radius 1 is 1.24 bits per heavy atom. The van der Waals surface area contributed by atoms with Gasteiger partial charge < -0.3 is 20.1 Å². The third-order valence-corrected chi connectivity index (χ3v) is 7.95. The van der Waals surface area contributed by atoms with Crippen LogP contribution in [0.5, 0.6) is 0 Å². The van der Waals surface area contributed by atoms with Gasteiger partial charge in [0.15, 0.2) is 6.29 Å². The van der Waals surface area contributed by atoms with Gasteiger partial charge in [-0.1, -0.05) is 39.3 Å². The van der Waals surface area contributed by atoms with Crippen LogP contribution < -0.4 is 0 Å². The fourth-order valence-corrected chi connectivity index (χ4v) is 5.11. The maximum absolute atomic E-state index is 13.2. The summed E-state index contributed by atoms with van der Waals surface area (Å²) in [5, 5.41) is 35.4. The first-order valence-corrected chi connectivity index (χ1v) is 13.2. The molecule has 2 rings (SSSR count). The zero-order valence-corrected chi connectivity index (χ0v) is 22.6. The van der Waals surface area contributed by atoms with Gasteiger partial charge in [0.05, 0.1) is 29.0 Å². The van der Waals surface area contributed by atoms with Crippen molar-refractivity contribution in [1.29, 1.82) is 0 Å². The Hall–Kier alpha value is -1.38. The summed E-state index contributed by atoms with van der Waals surface area (Å²) in [6.07, 6.45) is 3.70. The molecule has 6 nitrogen and oxygen atoms in total. The first-order chi connectivity index (χ1) is 15.8. The van der Waals surface area contributed by atoms with E-state index in [0.29, 0.717) is 6.42 Å². The standard InChI is InChI=1S/C27H43NO5S/c1-16-9-8-10-17(2)25(31)19(4)26(32)27(6,7)23(29)14-24(30)33-22(12-11-16)18(3)13-21-15-34-20(5)28-21/h11,13,15,17,19,22-25,29-31H,8-10,12,14H2,1-7H3/b16-11-,18-13+/t17-,19+,22-,23-,24-,25-/m0/s1. The van der Waals surface area contributed by atoms with E-state index in [0.717, 1.165) is 35.5 Å². The molecule has 1 aliphatic rings. The van der Waals surface area contributed by atoms with E-state index >= 15 is 0 Å². The van der Waals surface area contributed by atoms with Crippen LogP contribution in [-0.2, 0) is 9.53 Å². The lowest BCUT2D eigenvalue weighted by atomic mass is 9.73. The van der Waals surface area contributed by atoms with Crippen LogP contribution in [0.4, 0.5) is 0 Å². The molecule has 0 unspecified atom stereocenters. The molecule has 192 valence electrons. The van der Waals surface area contributed by atoms with Gasteiger partial charge in [-0.25, -0.2) is 4.98 Å². The van der Waals surface area contributed by atoms with Crippen molar-refractivity contribution in [3.8, 4) is 0 Å². The van der Waals surface area contributed by atoms with Crippen LogP contribution >= 0.6 is 11.3 Å². The molecule has 0 aliphatic carbocycles. The number of aliphatic hydroxyl groups excluding tert-OH is 3. The molecule has 0 fully saturated rings. The van der Waals surface area contributed by atoms with Gasteiger partial charge in [-0.2, -0.15) is 0 Å². The van der Waals surface area contributed by atoms with Gasteiger partial charge in [-0.05, 0) is 64.0 Å². The number of thiazole rings is 1. The molecular formula is C27H43NO5S. The van der Waals surface area contributed by atoms with Gasteiger partial charge in [0.25, 0.3) is 0 Å². The summed E-state index contributed by atoms with van der Waals surface area (Å²) < 4.78 is 6.00. The van der Waals surface area contributed by atoms with Crippen molar-refractivity contribution in [1.82, 2.24) is 4.98 Å². The fraction of sp³-hybridized carbons (Fsp3) is 0.704. The average molecular weight is 494 g/mol. The number of aromatic nitrogens is 1. The summed E-state index contributed by atoms with van der Waals surface area (Å²) >= 11 is 1.58. The van der Waals surface area contributed by atoms with Crippen molar-refractivity contribution in [2.45, 2.75) is 105 Å². The average Bonchev–Trinajstić information content (AvgIpc) is 3.18. The molecule has 0 saturated heterocycles. The molecule has 0 saturated carbocycles. The molecule has 1 aromatic heterocycles. The van der Waals surface area contributed by atoms with E-state index in [2.05, 4.69) is 18.0 Å². The van der Waals surface area contributed by atoms with E-state index in [4.69, 9.17) is 4.74 Å². The van der Waals surface area contributed by atoms with Crippen LogP contribution in [0.25, 0.3) is 6.08 Å². The van der Waals surface area contributed by atoms with Gasteiger partial charge in [0, 0.05) is 23.1 Å². The lowest BCUT2D eigenvalue weighted by molar-refractivity contribution is -0.161. The zero-order chi connectivity index (χ0) is 25.6. The highest BCUT2D eigenvalue weighted by molar-refractivity contribution is 7.09. The minimum absolute atomic E-state index is 0.0268. The molecular weight excluding hydrogens is 450 g/mol. The van der Waals surface area contributed by atoms with Crippen LogP contribution in [0.15, 0.2) is 22.6 Å². The Bertz CT molecular complexity index is 874. The summed E-state index contributed by atoms with van der Waals surface area (Å²) in [5.74, 6) is -0.844. The maximum atomic E-state index is 13.2. The number of rotatable bonds is 2. The van der Waals surface area contributed by atoms with Crippen molar-refractivity contribution in [2.75, 3.05) is 0 Å². The monoisotopic (exact) mass is 493 g/mol. The molecule has 6 atom stereocenters. The molecule has 0 aromatic carbocycles. The second kappa shape index (κ2) is 12.5. The van der Waals surface area contributed by atoms with E-state index < -0.39 is 29.8 Å². The summed E-state index contributed by atoms with van der Waals surface area (Å²) in [6.45, 7) is 13.0. The Labute approximate surface area is 208 Å². The number of hydrogen-bond acceptors (Lipinski definition) is 7. The maximum Gasteiger partial charge on any atom is 0.157 e. The smallest absolute Gasteiger partial charge is 0.157 e. The van der Waals surface area contributed by atoms with Crippen LogP contribution in [0.1, 0.15) is 84.3 Å². The quantitative estimate of drug-likeness (QED) is 0.498. The number of ether oxygens (including phenoxy) is 1. The Balaban J connectivity index is 2.32. The highest BCUT2D eigenvalue weighted by atomic mass is 32.1. The van der Waals surface area contributed by atoms with Gasteiger partial charge in [0.1, 0.15) is 5.78 Å². The van der Waals surface area contributed by atoms with E-state index in [1.165, 1.54) is 5.57 Å². The highest BCUT2D eigenvalue weighted by Gasteiger charge is 2.42. The number of allylic oxidation sites excluding steroid dienone is 1. The second-order valence-electron chi connectivity index (χ2n) is 10.5. The van der Waals surface area contributed by atoms with Crippen molar-refractivity contribution >= 4 is 23.2 Å². The molecule has 0 amide bonds. The summed E-state index contributed by atoms with van der Waals surface area (Å²) in [6, 6.07) is 0. The van der Waals surface area contributed by atoms with E-state index in [9.17, 15) is 20.1 Å². The van der Waals surface area contributed by atoms with Gasteiger partial charge in [0.2, 0.25) is 0 Å². The van der Waals surface area contributed by atoms with Crippen molar-refractivity contribution in [3.63, 3.8) is 0 Å².